The highest BCUT2D eigenvalue weighted by Crippen LogP contribution is 2.32. The van der Waals surface area contributed by atoms with Gasteiger partial charge in [-0.1, -0.05) is 6.07 Å². The van der Waals surface area contributed by atoms with Crippen LogP contribution in [0, 0.1) is 0 Å². The van der Waals surface area contributed by atoms with Crippen LogP contribution in [0.15, 0.2) is 47.6 Å². The zero-order valence-electron chi connectivity index (χ0n) is 15.4. The first-order valence-corrected chi connectivity index (χ1v) is 10.7. The molecule has 2 aliphatic rings. The number of nitrogens with one attached hydrogen (secondary N) is 1. The lowest BCUT2D eigenvalue weighted by Gasteiger charge is -2.34. The van der Waals surface area contributed by atoms with Crippen LogP contribution in [0.4, 0.5) is 0 Å². The fourth-order valence-electron chi connectivity index (χ4n) is 3.38. The summed E-state index contributed by atoms with van der Waals surface area (Å²) in [5.74, 6) is 1.01. The molecule has 0 spiro atoms. The van der Waals surface area contributed by atoms with E-state index in [0.29, 0.717) is 37.9 Å². The maximum Gasteiger partial charge on any atom is 0.240 e. The van der Waals surface area contributed by atoms with Crippen molar-refractivity contribution in [3.05, 3.63) is 48.3 Å². The van der Waals surface area contributed by atoms with E-state index in [9.17, 15) is 8.42 Å². The maximum atomic E-state index is 12.9. The van der Waals surface area contributed by atoms with Gasteiger partial charge in [0, 0.05) is 38.1 Å². The molecule has 0 aliphatic carbocycles. The summed E-state index contributed by atoms with van der Waals surface area (Å²) in [4.78, 5) is 6.56. The van der Waals surface area contributed by atoms with Crippen molar-refractivity contribution < 1.29 is 22.6 Å². The molecule has 0 radical (unpaired) electrons. The Hall–Kier alpha value is -2.20. The Morgan fingerprint density at radius 1 is 1.07 bits per heavy atom. The zero-order valence-corrected chi connectivity index (χ0v) is 16.2. The lowest BCUT2D eigenvalue weighted by atomic mass is 10.1. The van der Waals surface area contributed by atoms with E-state index < -0.39 is 10.0 Å². The molecular formula is C19H23N3O5S. The van der Waals surface area contributed by atoms with Crippen molar-refractivity contribution in [3.63, 3.8) is 0 Å². The van der Waals surface area contributed by atoms with Gasteiger partial charge in [-0.2, -0.15) is 0 Å². The number of pyridine rings is 1. The molecule has 8 nitrogen and oxygen atoms in total. The number of nitrogens with zero attached hydrogens (tertiary/aromatic N) is 2. The van der Waals surface area contributed by atoms with Gasteiger partial charge in [0.15, 0.2) is 11.5 Å². The second kappa shape index (κ2) is 8.44. The first-order valence-electron chi connectivity index (χ1n) is 9.24. The van der Waals surface area contributed by atoms with Crippen LogP contribution >= 0.6 is 0 Å². The van der Waals surface area contributed by atoms with E-state index in [1.54, 1.807) is 18.5 Å². The Balaban J connectivity index is 1.52. The lowest BCUT2D eigenvalue weighted by Crippen LogP contribution is -2.43. The Labute approximate surface area is 164 Å². The molecule has 1 N–H and O–H groups in total. The summed E-state index contributed by atoms with van der Waals surface area (Å²) < 4.78 is 44.9. The standard InChI is InChI=1S/C19H23N3O5S/c23-28(24,16-3-4-18-19(12-16)27-11-10-26-18)21-14-17(15-2-1-5-20-13-15)22-6-8-25-9-7-22/h1-5,12-13,17,21H,6-11,14H2/t17-/m1/s1. The van der Waals surface area contributed by atoms with Gasteiger partial charge in [0.1, 0.15) is 13.2 Å². The molecule has 150 valence electrons. The van der Waals surface area contributed by atoms with Gasteiger partial charge < -0.3 is 14.2 Å². The molecule has 1 atom stereocenters. The Kier molecular flexibility index (Phi) is 5.77. The number of ether oxygens (including phenoxy) is 3. The molecule has 0 saturated carbocycles. The first-order chi connectivity index (χ1) is 13.6. The Morgan fingerprint density at radius 3 is 2.61 bits per heavy atom. The summed E-state index contributed by atoms with van der Waals surface area (Å²) in [5, 5.41) is 0. The van der Waals surface area contributed by atoms with Gasteiger partial charge >= 0.3 is 0 Å². The van der Waals surface area contributed by atoms with E-state index in [4.69, 9.17) is 14.2 Å². The molecule has 9 heteroatoms. The summed E-state index contributed by atoms with van der Waals surface area (Å²) in [6.07, 6.45) is 3.48. The number of morpholine rings is 1. The predicted molar refractivity (Wildman–Crippen MR) is 102 cm³/mol. The van der Waals surface area contributed by atoms with Crippen molar-refractivity contribution in [3.8, 4) is 11.5 Å². The van der Waals surface area contributed by atoms with Gasteiger partial charge in [0.25, 0.3) is 0 Å². The number of fused-ring (bicyclic) bond motifs is 1. The minimum absolute atomic E-state index is 0.121. The minimum atomic E-state index is -3.70. The third-order valence-corrected chi connectivity index (χ3v) is 6.27. The highest BCUT2D eigenvalue weighted by molar-refractivity contribution is 7.89. The second-order valence-corrected chi connectivity index (χ2v) is 8.37. The Bertz CT molecular complexity index is 901. The number of aromatic nitrogens is 1. The van der Waals surface area contributed by atoms with E-state index in [1.807, 2.05) is 12.1 Å². The number of benzene rings is 1. The molecule has 1 aromatic heterocycles. The van der Waals surface area contributed by atoms with Crippen LogP contribution in [-0.2, 0) is 14.8 Å². The second-order valence-electron chi connectivity index (χ2n) is 6.61. The van der Waals surface area contributed by atoms with Crippen LogP contribution in [0.25, 0.3) is 0 Å². The number of hydrogen-bond acceptors (Lipinski definition) is 7. The zero-order chi connectivity index (χ0) is 19.4. The fraction of sp³-hybridized carbons (Fsp3) is 0.421. The van der Waals surface area contributed by atoms with Crippen molar-refractivity contribution in [2.75, 3.05) is 46.1 Å². The van der Waals surface area contributed by atoms with E-state index in [2.05, 4.69) is 14.6 Å². The summed E-state index contributed by atoms with van der Waals surface area (Å²) >= 11 is 0. The van der Waals surface area contributed by atoms with Crippen molar-refractivity contribution in [2.24, 2.45) is 0 Å². The normalized spacial score (nSPS) is 18.6. The largest absolute Gasteiger partial charge is 0.486 e. The molecule has 2 aromatic rings. The number of rotatable bonds is 6. The van der Waals surface area contributed by atoms with Gasteiger partial charge in [-0.05, 0) is 23.8 Å². The molecular weight excluding hydrogens is 382 g/mol. The third-order valence-electron chi connectivity index (χ3n) is 4.85. The monoisotopic (exact) mass is 405 g/mol. The molecule has 0 bridgehead atoms. The maximum absolute atomic E-state index is 12.9. The molecule has 0 amide bonds. The predicted octanol–water partition coefficient (Wildman–Crippen LogP) is 1.20. The van der Waals surface area contributed by atoms with E-state index >= 15 is 0 Å². The van der Waals surface area contributed by atoms with Crippen LogP contribution in [-0.4, -0.2) is 64.4 Å². The average Bonchev–Trinajstić information content (AvgIpc) is 2.75. The van der Waals surface area contributed by atoms with E-state index in [1.165, 1.54) is 12.1 Å². The third kappa shape index (κ3) is 4.27. The molecule has 28 heavy (non-hydrogen) atoms. The van der Waals surface area contributed by atoms with Crippen LogP contribution in [0.5, 0.6) is 11.5 Å². The SMILES string of the molecule is O=S(=O)(NC[C@H](c1cccnc1)N1CCOCC1)c1ccc2c(c1)OCCO2. The molecule has 0 unspecified atom stereocenters. The van der Waals surface area contributed by atoms with E-state index in [-0.39, 0.29) is 17.5 Å². The molecule has 2 aliphatic heterocycles. The summed E-state index contributed by atoms with van der Waals surface area (Å²) in [6.45, 7) is 3.85. The molecule has 1 aromatic carbocycles. The van der Waals surface area contributed by atoms with Crippen molar-refractivity contribution >= 4 is 10.0 Å². The van der Waals surface area contributed by atoms with Gasteiger partial charge in [-0.3, -0.25) is 9.88 Å². The first kappa shape index (κ1) is 19.1. The summed E-state index contributed by atoms with van der Waals surface area (Å²) in [6, 6.07) is 8.37. The fourth-order valence-corrected chi connectivity index (χ4v) is 4.44. The highest BCUT2D eigenvalue weighted by Gasteiger charge is 2.26. The van der Waals surface area contributed by atoms with Crippen LogP contribution in [0.1, 0.15) is 11.6 Å². The molecule has 4 rings (SSSR count). The van der Waals surface area contributed by atoms with Gasteiger partial charge in [-0.25, -0.2) is 13.1 Å². The summed E-state index contributed by atoms with van der Waals surface area (Å²) in [7, 11) is -3.70. The van der Waals surface area contributed by atoms with Gasteiger partial charge in [0.2, 0.25) is 10.0 Å². The molecule has 3 heterocycles. The van der Waals surface area contributed by atoms with Crippen LogP contribution in [0.2, 0.25) is 0 Å². The van der Waals surface area contributed by atoms with E-state index in [0.717, 1.165) is 18.7 Å². The minimum Gasteiger partial charge on any atom is -0.486 e. The quantitative estimate of drug-likeness (QED) is 0.772. The summed E-state index contributed by atoms with van der Waals surface area (Å²) in [5.41, 5.74) is 0.967. The smallest absolute Gasteiger partial charge is 0.240 e. The van der Waals surface area contributed by atoms with Crippen LogP contribution < -0.4 is 14.2 Å². The van der Waals surface area contributed by atoms with Crippen LogP contribution in [0.3, 0.4) is 0 Å². The number of sulfonamides is 1. The highest BCUT2D eigenvalue weighted by atomic mass is 32.2. The molecule has 1 fully saturated rings. The van der Waals surface area contributed by atoms with Gasteiger partial charge in [0.05, 0.1) is 24.2 Å². The average molecular weight is 405 g/mol. The Morgan fingerprint density at radius 2 is 1.86 bits per heavy atom. The van der Waals surface area contributed by atoms with Crippen molar-refractivity contribution in [1.82, 2.24) is 14.6 Å². The van der Waals surface area contributed by atoms with Crippen molar-refractivity contribution in [2.45, 2.75) is 10.9 Å². The molecule has 1 saturated heterocycles. The lowest BCUT2D eigenvalue weighted by molar-refractivity contribution is 0.0171. The topological polar surface area (TPSA) is 90.0 Å². The van der Waals surface area contributed by atoms with Gasteiger partial charge in [-0.15, -0.1) is 0 Å². The number of hydrogen-bond donors (Lipinski definition) is 1. The van der Waals surface area contributed by atoms with Crippen molar-refractivity contribution in [1.29, 1.82) is 0 Å².